The van der Waals surface area contributed by atoms with Gasteiger partial charge >= 0.3 is 6.03 Å². The van der Waals surface area contributed by atoms with Crippen LogP contribution in [0.15, 0.2) is 24.4 Å². The number of rotatable bonds is 5. The number of methoxy groups -OCH3 is 1. The van der Waals surface area contributed by atoms with E-state index < -0.39 is 0 Å². The highest BCUT2D eigenvalue weighted by molar-refractivity contribution is 5.73. The highest BCUT2D eigenvalue weighted by atomic mass is 16.5. The largest absolute Gasteiger partial charge is 0.497 e. The minimum absolute atomic E-state index is 0.124. The van der Waals surface area contributed by atoms with Crippen molar-refractivity contribution in [3.63, 3.8) is 0 Å². The second kappa shape index (κ2) is 8.03. The Bertz CT molecular complexity index is 791. The summed E-state index contributed by atoms with van der Waals surface area (Å²) in [7, 11) is 1.70. The van der Waals surface area contributed by atoms with Crippen molar-refractivity contribution in [2.24, 2.45) is 0 Å². The number of nitrogens with one attached hydrogen (secondary N) is 2. The maximum Gasteiger partial charge on any atom is 0.315 e. The van der Waals surface area contributed by atoms with Crippen LogP contribution in [0.25, 0.3) is 0 Å². The molecule has 0 bridgehead atoms. The van der Waals surface area contributed by atoms with Crippen LogP contribution in [-0.2, 0) is 25.9 Å². The number of carbonyl (C=O) groups is 1. The van der Waals surface area contributed by atoms with Crippen LogP contribution in [0.4, 0.5) is 4.79 Å². The fourth-order valence-electron chi connectivity index (χ4n) is 4.24. The number of aromatic nitrogens is 2. The van der Waals surface area contributed by atoms with E-state index in [2.05, 4.69) is 38.5 Å². The molecule has 2 aliphatic rings. The smallest absolute Gasteiger partial charge is 0.315 e. The van der Waals surface area contributed by atoms with E-state index in [9.17, 15) is 4.79 Å². The number of benzene rings is 1. The predicted molar refractivity (Wildman–Crippen MR) is 104 cm³/mol. The van der Waals surface area contributed by atoms with Gasteiger partial charge in [0.15, 0.2) is 0 Å². The summed E-state index contributed by atoms with van der Waals surface area (Å²) in [6.07, 6.45) is 8.87. The molecule has 144 valence electrons. The molecule has 6 nitrogen and oxygen atoms in total. The van der Waals surface area contributed by atoms with Gasteiger partial charge in [-0.3, -0.25) is 0 Å². The number of aryl methyl sites for hydroxylation is 3. The first kappa shape index (κ1) is 17.9. The molecule has 0 radical (unpaired) electrons. The van der Waals surface area contributed by atoms with Crippen LogP contribution in [0.2, 0.25) is 0 Å². The lowest BCUT2D eigenvalue weighted by atomic mass is 9.82. The van der Waals surface area contributed by atoms with E-state index in [0.29, 0.717) is 19.0 Å². The Morgan fingerprint density at radius 1 is 1.26 bits per heavy atom. The highest BCUT2D eigenvalue weighted by Crippen LogP contribution is 2.33. The van der Waals surface area contributed by atoms with Crippen LogP contribution in [0.5, 0.6) is 5.75 Å². The van der Waals surface area contributed by atoms with Gasteiger partial charge in [0, 0.05) is 31.6 Å². The number of urea groups is 1. The zero-order valence-electron chi connectivity index (χ0n) is 16.0. The summed E-state index contributed by atoms with van der Waals surface area (Å²) in [4.78, 5) is 16.9. The minimum atomic E-state index is -0.124. The van der Waals surface area contributed by atoms with Crippen molar-refractivity contribution in [1.82, 2.24) is 20.2 Å². The highest BCUT2D eigenvalue weighted by Gasteiger charge is 2.21. The third-order valence-corrected chi connectivity index (χ3v) is 5.69. The van der Waals surface area contributed by atoms with Crippen molar-refractivity contribution in [3.05, 3.63) is 47.0 Å². The van der Waals surface area contributed by atoms with E-state index in [0.717, 1.165) is 49.5 Å². The Morgan fingerprint density at radius 2 is 2.19 bits per heavy atom. The van der Waals surface area contributed by atoms with Crippen molar-refractivity contribution in [2.45, 2.75) is 57.5 Å². The summed E-state index contributed by atoms with van der Waals surface area (Å²) >= 11 is 0. The number of hydrogen-bond acceptors (Lipinski definition) is 3. The number of imidazole rings is 1. The quantitative estimate of drug-likeness (QED) is 0.852. The van der Waals surface area contributed by atoms with Crippen LogP contribution < -0.4 is 15.4 Å². The maximum atomic E-state index is 12.2. The minimum Gasteiger partial charge on any atom is -0.497 e. The Labute approximate surface area is 160 Å². The van der Waals surface area contributed by atoms with Crippen LogP contribution in [0, 0.1) is 0 Å². The molecule has 0 fully saturated rings. The number of amides is 2. The van der Waals surface area contributed by atoms with Crippen molar-refractivity contribution in [3.8, 4) is 5.75 Å². The van der Waals surface area contributed by atoms with Gasteiger partial charge in [0.25, 0.3) is 0 Å². The number of carbonyl (C=O) groups excluding carboxylic acids is 1. The molecular formula is C21H28N4O2. The van der Waals surface area contributed by atoms with E-state index in [1.54, 1.807) is 7.11 Å². The van der Waals surface area contributed by atoms with E-state index in [-0.39, 0.29) is 6.03 Å². The van der Waals surface area contributed by atoms with Gasteiger partial charge in [-0.25, -0.2) is 9.78 Å². The normalized spacial score (nSPS) is 18.3. The average molecular weight is 368 g/mol. The number of hydrogen-bond donors (Lipinski definition) is 2. The standard InChI is InChI=1S/C21H28N4O2/c1-27-18-8-9-19-15(11-18)5-4-6-16(19)12-22-21(26)23-13-17-14-25-10-3-2-7-20(25)24-17/h8-9,11,14,16H,2-7,10,12-13H2,1H3,(H2,22,23,26). The molecular weight excluding hydrogens is 340 g/mol. The SMILES string of the molecule is COc1ccc2c(c1)CCCC2CNC(=O)NCc1cn2c(n1)CCCC2. The third-order valence-electron chi connectivity index (χ3n) is 5.69. The lowest BCUT2D eigenvalue weighted by molar-refractivity contribution is 0.239. The predicted octanol–water partition coefficient (Wildman–Crippen LogP) is 3.15. The molecule has 0 spiro atoms. The molecule has 2 amide bonds. The van der Waals surface area contributed by atoms with Crippen molar-refractivity contribution >= 4 is 6.03 Å². The molecule has 0 saturated carbocycles. The molecule has 6 heteroatoms. The molecule has 27 heavy (non-hydrogen) atoms. The zero-order valence-corrected chi connectivity index (χ0v) is 16.0. The Morgan fingerprint density at radius 3 is 3.04 bits per heavy atom. The molecule has 1 aromatic heterocycles. The summed E-state index contributed by atoms with van der Waals surface area (Å²) in [5, 5.41) is 5.98. The molecule has 2 aromatic rings. The molecule has 2 N–H and O–H groups in total. The molecule has 1 aliphatic heterocycles. The van der Waals surface area contributed by atoms with Crippen LogP contribution in [0.3, 0.4) is 0 Å². The van der Waals surface area contributed by atoms with Crippen LogP contribution in [0.1, 0.15) is 54.2 Å². The molecule has 1 aliphatic carbocycles. The van der Waals surface area contributed by atoms with Gasteiger partial charge in [-0.05, 0) is 55.4 Å². The summed E-state index contributed by atoms with van der Waals surface area (Å²) in [6.45, 7) is 2.18. The topological polar surface area (TPSA) is 68.2 Å². The first-order chi connectivity index (χ1) is 13.2. The number of ether oxygens (including phenoxy) is 1. The first-order valence-electron chi connectivity index (χ1n) is 9.96. The van der Waals surface area contributed by atoms with E-state index in [1.807, 2.05) is 6.07 Å². The summed E-state index contributed by atoms with van der Waals surface area (Å²) < 4.78 is 7.54. The van der Waals surface area contributed by atoms with Crippen molar-refractivity contribution in [2.75, 3.05) is 13.7 Å². The lowest BCUT2D eigenvalue weighted by Crippen LogP contribution is -2.38. The van der Waals surface area contributed by atoms with E-state index >= 15 is 0 Å². The molecule has 0 saturated heterocycles. The Balaban J connectivity index is 1.29. The molecule has 2 heterocycles. The number of nitrogens with zero attached hydrogens (tertiary/aromatic N) is 2. The maximum absolute atomic E-state index is 12.2. The van der Waals surface area contributed by atoms with Gasteiger partial charge in [0.05, 0.1) is 19.3 Å². The summed E-state index contributed by atoms with van der Waals surface area (Å²) in [5.74, 6) is 2.42. The van der Waals surface area contributed by atoms with Gasteiger partial charge in [0.2, 0.25) is 0 Å². The molecule has 4 rings (SSSR count). The first-order valence-corrected chi connectivity index (χ1v) is 9.96. The van der Waals surface area contributed by atoms with Crippen LogP contribution in [-0.4, -0.2) is 29.2 Å². The van der Waals surface area contributed by atoms with Gasteiger partial charge < -0.3 is 19.9 Å². The summed E-state index contributed by atoms with van der Waals surface area (Å²) in [6, 6.07) is 6.16. The van der Waals surface area contributed by atoms with Crippen molar-refractivity contribution in [1.29, 1.82) is 0 Å². The van der Waals surface area contributed by atoms with Gasteiger partial charge in [-0.2, -0.15) is 0 Å². The number of fused-ring (bicyclic) bond motifs is 2. The fourth-order valence-corrected chi connectivity index (χ4v) is 4.24. The summed E-state index contributed by atoms with van der Waals surface area (Å²) in [5.41, 5.74) is 3.62. The van der Waals surface area contributed by atoms with Gasteiger partial charge in [-0.1, -0.05) is 6.07 Å². The third kappa shape index (κ3) is 4.10. The molecule has 1 atom stereocenters. The zero-order chi connectivity index (χ0) is 18.6. The molecule has 1 unspecified atom stereocenters. The fraction of sp³-hybridized carbons (Fsp3) is 0.524. The average Bonchev–Trinajstić information content (AvgIpc) is 3.13. The monoisotopic (exact) mass is 368 g/mol. The second-order valence-electron chi connectivity index (χ2n) is 7.52. The van der Waals surface area contributed by atoms with E-state index in [1.165, 1.54) is 24.0 Å². The Kier molecular flexibility index (Phi) is 5.32. The van der Waals surface area contributed by atoms with Crippen LogP contribution >= 0.6 is 0 Å². The van der Waals surface area contributed by atoms with Gasteiger partial charge in [0.1, 0.15) is 11.6 Å². The molecule has 1 aromatic carbocycles. The lowest BCUT2D eigenvalue weighted by Gasteiger charge is -2.26. The van der Waals surface area contributed by atoms with Gasteiger partial charge in [-0.15, -0.1) is 0 Å². The Hall–Kier alpha value is -2.50. The van der Waals surface area contributed by atoms with E-state index in [4.69, 9.17) is 4.74 Å². The second-order valence-corrected chi connectivity index (χ2v) is 7.52. The van der Waals surface area contributed by atoms with Crippen molar-refractivity contribution < 1.29 is 9.53 Å².